The van der Waals surface area contributed by atoms with Crippen molar-refractivity contribution >= 4 is 46.4 Å². The smallest absolute Gasteiger partial charge is 0.246 e. The number of benzene rings is 2. The molecular formula is C25H24Cl2FN3O2. The first kappa shape index (κ1) is 22.2. The highest BCUT2D eigenvalue weighted by Crippen LogP contribution is 2.54. The molecule has 8 heteroatoms. The van der Waals surface area contributed by atoms with Crippen molar-refractivity contribution in [1.82, 2.24) is 4.90 Å². The first-order chi connectivity index (χ1) is 15.7. The molecule has 1 spiro atoms. The van der Waals surface area contributed by atoms with Gasteiger partial charge >= 0.3 is 0 Å². The summed E-state index contributed by atoms with van der Waals surface area (Å²) in [5.74, 6) is -0.599. The van der Waals surface area contributed by atoms with Crippen LogP contribution in [0.4, 0.5) is 15.8 Å². The third kappa shape index (κ3) is 3.18. The van der Waals surface area contributed by atoms with Crippen molar-refractivity contribution in [3.05, 3.63) is 70.0 Å². The summed E-state index contributed by atoms with van der Waals surface area (Å²) in [6, 6.07) is 8.55. The third-order valence-corrected chi connectivity index (χ3v) is 8.26. The SMILES string of the molecule is C=CC(=O)N1CC[C@](Nc2ccc3c(c2)N(C)C(=O)C32CCC2)(c2c(F)ccc(Cl)c2Cl)C1. The van der Waals surface area contributed by atoms with E-state index >= 15 is 4.39 Å². The van der Waals surface area contributed by atoms with Crippen LogP contribution in [0.15, 0.2) is 43.0 Å². The summed E-state index contributed by atoms with van der Waals surface area (Å²) in [6.07, 6.45) is 4.45. The van der Waals surface area contributed by atoms with Gasteiger partial charge in [0, 0.05) is 37.1 Å². The molecule has 1 saturated carbocycles. The minimum Gasteiger partial charge on any atom is -0.373 e. The molecule has 3 aliphatic rings. The fourth-order valence-electron chi connectivity index (χ4n) is 5.59. The average Bonchev–Trinajstić information content (AvgIpc) is 3.28. The van der Waals surface area contributed by atoms with Gasteiger partial charge in [0.2, 0.25) is 11.8 Å². The van der Waals surface area contributed by atoms with E-state index in [1.807, 2.05) is 18.2 Å². The van der Waals surface area contributed by atoms with Crippen LogP contribution in [-0.4, -0.2) is 36.9 Å². The lowest BCUT2D eigenvalue weighted by molar-refractivity contribution is -0.126. The summed E-state index contributed by atoms with van der Waals surface area (Å²) in [5.41, 5.74) is 1.46. The lowest BCUT2D eigenvalue weighted by Crippen LogP contribution is -2.43. The number of amides is 2. The molecule has 5 nitrogen and oxygen atoms in total. The Kier molecular flexibility index (Phi) is 5.22. The first-order valence-electron chi connectivity index (χ1n) is 11.0. The Hall–Kier alpha value is -2.57. The monoisotopic (exact) mass is 487 g/mol. The van der Waals surface area contributed by atoms with Crippen molar-refractivity contribution in [2.45, 2.75) is 36.6 Å². The zero-order chi connectivity index (χ0) is 23.5. The van der Waals surface area contributed by atoms with Gasteiger partial charge in [0.05, 0.1) is 21.0 Å². The number of hydrogen-bond donors (Lipinski definition) is 1. The van der Waals surface area contributed by atoms with E-state index in [0.29, 0.717) is 18.7 Å². The number of carbonyl (C=O) groups excluding carboxylic acids is 2. The van der Waals surface area contributed by atoms with Gasteiger partial charge in [-0.3, -0.25) is 9.59 Å². The van der Waals surface area contributed by atoms with Crippen LogP contribution in [0.5, 0.6) is 0 Å². The molecule has 0 aromatic heterocycles. The number of carbonyl (C=O) groups is 2. The zero-order valence-electron chi connectivity index (χ0n) is 18.3. The number of rotatable bonds is 4. The van der Waals surface area contributed by atoms with Gasteiger partial charge in [0.25, 0.3) is 0 Å². The van der Waals surface area contributed by atoms with Crippen LogP contribution in [0.1, 0.15) is 36.8 Å². The Bertz CT molecular complexity index is 1200. The van der Waals surface area contributed by atoms with E-state index in [-0.39, 0.29) is 34.0 Å². The van der Waals surface area contributed by atoms with Gasteiger partial charge in [-0.2, -0.15) is 0 Å². The van der Waals surface area contributed by atoms with Gasteiger partial charge in [0.15, 0.2) is 0 Å². The molecule has 0 bridgehead atoms. The van der Waals surface area contributed by atoms with Crippen LogP contribution in [0.25, 0.3) is 0 Å². The Labute approximate surface area is 202 Å². The van der Waals surface area contributed by atoms with Crippen LogP contribution in [0.2, 0.25) is 10.0 Å². The highest BCUT2D eigenvalue weighted by atomic mass is 35.5. The van der Waals surface area contributed by atoms with Crippen molar-refractivity contribution in [1.29, 1.82) is 0 Å². The zero-order valence-corrected chi connectivity index (χ0v) is 19.8. The number of anilines is 2. The number of halogens is 3. The number of likely N-dealkylation sites (tertiary alicyclic amines) is 1. The minimum atomic E-state index is -0.992. The molecular weight excluding hydrogens is 464 g/mol. The summed E-state index contributed by atoms with van der Waals surface area (Å²) in [5, 5.41) is 3.84. The fraction of sp³-hybridized carbons (Fsp3) is 0.360. The van der Waals surface area contributed by atoms with E-state index < -0.39 is 16.8 Å². The van der Waals surface area contributed by atoms with Crippen LogP contribution >= 0.6 is 23.2 Å². The molecule has 2 fully saturated rings. The largest absolute Gasteiger partial charge is 0.373 e. The van der Waals surface area contributed by atoms with Gasteiger partial charge in [-0.05, 0) is 55.2 Å². The Morgan fingerprint density at radius 3 is 2.64 bits per heavy atom. The predicted molar refractivity (Wildman–Crippen MR) is 128 cm³/mol. The Morgan fingerprint density at radius 2 is 1.97 bits per heavy atom. The summed E-state index contributed by atoms with van der Waals surface area (Å²) in [7, 11) is 1.79. The molecule has 0 radical (unpaired) electrons. The van der Waals surface area contributed by atoms with Gasteiger partial charge in [-0.15, -0.1) is 0 Å². The standard InChI is InChI=1S/C25H24Cl2FN3O2/c1-3-20(32)31-12-11-25(14-31,21-18(28)8-7-17(26)22(21)27)29-15-5-6-16-19(13-15)30(2)23(33)24(16)9-4-10-24/h3,5-8,13,29H,1,4,9-12,14H2,2H3/t25-/m1/s1. The molecule has 33 heavy (non-hydrogen) atoms. The Balaban J connectivity index is 1.58. The highest BCUT2D eigenvalue weighted by Gasteiger charge is 2.53. The number of nitrogens with one attached hydrogen (secondary N) is 1. The van der Waals surface area contributed by atoms with Gasteiger partial charge in [-0.25, -0.2) is 4.39 Å². The summed E-state index contributed by atoms with van der Waals surface area (Å²) in [4.78, 5) is 28.6. The van der Waals surface area contributed by atoms with Crippen LogP contribution < -0.4 is 10.2 Å². The van der Waals surface area contributed by atoms with E-state index in [0.717, 1.165) is 30.5 Å². The van der Waals surface area contributed by atoms with Crippen molar-refractivity contribution in [2.75, 3.05) is 30.4 Å². The third-order valence-electron chi connectivity index (χ3n) is 7.46. The van der Waals surface area contributed by atoms with E-state index in [1.165, 1.54) is 18.2 Å². The Morgan fingerprint density at radius 1 is 1.21 bits per heavy atom. The van der Waals surface area contributed by atoms with Gasteiger partial charge < -0.3 is 15.1 Å². The maximum atomic E-state index is 15.2. The van der Waals surface area contributed by atoms with Crippen LogP contribution in [0, 0.1) is 5.82 Å². The molecule has 172 valence electrons. The molecule has 0 unspecified atom stereocenters. The topological polar surface area (TPSA) is 52.7 Å². The molecule has 5 rings (SSSR count). The van der Waals surface area contributed by atoms with Crippen molar-refractivity contribution < 1.29 is 14.0 Å². The molecule has 1 aliphatic carbocycles. The average molecular weight is 488 g/mol. The second-order valence-electron chi connectivity index (χ2n) is 9.17. The van der Waals surface area contributed by atoms with Gasteiger partial charge in [0.1, 0.15) is 5.82 Å². The summed E-state index contributed by atoms with van der Waals surface area (Å²) >= 11 is 12.8. The van der Waals surface area contributed by atoms with Gasteiger partial charge in [-0.1, -0.05) is 42.3 Å². The molecule has 2 aliphatic heterocycles. The number of likely N-dealkylation sites (N-methyl/N-ethyl adjacent to an activating group) is 1. The first-order valence-corrected chi connectivity index (χ1v) is 11.7. The van der Waals surface area contributed by atoms with Crippen LogP contribution in [-0.2, 0) is 20.5 Å². The van der Waals surface area contributed by atoms with Crippen LogP contribution in [0.3, 0.4) is 0 Å². The molecule has 2 amide bonds. The lowest BCUT2D eigenvalue weighted by Gasteiger charge is -2.37. The molecule has 2 heterocycles. The van der Waals surface area contributed by atoms with E-state index in [9.17, 15) is 9.59 Å². The molecule has 2 aromatic rings. The number of fused-ring (bicyclic) bond motifs is 2. The van der Waals surface area contributed by atoms with Crippen molar-refractivity contribution in [3.63, 3.8) is 0 Å². The second-order valence-corrected chi connectivity index (χ2v) is 9.96. The quantitative estimate of drug-likeness (QED) is 0.472. The number of hydrogen-bond acceptors (Lipinski definition) is 3. The normalized spacial score (nSPS) is 23.0. The number of nitrogens with zero attached hydrogens (tertiary/aromatic N) is 2. The minimum absolute atomic E-state index is 0.124. The molecule has 1 saturated heterocycles. The molecule has 1 atom stereocenters. The predicted octanol–water partition coefficient (Wildman–Crippen LogP) is 5.26. The summed E-state index contributed by atoms with van der Waals surface area (Å²) < 4.78 is 15.2. The van der Waals surface area contributed by atoms with E-state index in [1.54, 1.807) is 16.8 Å². The van der Waals surface area contributed by atoms with Crippen molar-refractivity contribution in [2.24, 2.45) is 0 Å². The van der Waals surface area contributed by atoms with Crippen molar-refractivity contribution in [3.8, 4) is 0 Å². The summed E-state index contributed by atoms with van der Waals surface area (Å²) in [6.45, 7) is 4.18. The molecule has 2 aromatic carbocycles. The molecule has 1 N–H and O–H groups in total. The second kappa shape index (κ2) is 7.74. The lowest BCUT2D eigenvalue weighted by atomic mass is 9.65. The maximum Gasteiger partial charge on any atom is 0.246 e. The maximum absolute atomic E-state index is 15.2. The fourth-order valence-corrected chi connectivity index (χ4v) is 6.08. The van der Waals surface area contributed by atoms with E-state index in [4.69, 9.17) is 23.2 Å². The van der Waals surface area contributed by atoms with E-state index in [2.05, 4.69) is 11.9 Å². The highest BCUT2D eigenvalue weighted by molar-refractivity contribution is 6.42.